The molecule has 1 unspecified atom stereocenters. The number of hydrogen-bond acceptors (Lipinski definition) is 5. The summed E-state index contributed by atoms with van der Waals surface area (Å²) >= 11 is 0. The van der Waals surface area contributed by atoms with Crippen LogP contribution in [0.2, 0.25) is 0 Å². The molecule has 0 aliphatic rings. The molecule has 0 amide bonds. The Labute approximate surface area is 89.6 Å². The van der Waals surface area contributed by atoms with Crippen LogP contribution in [-0.4, -0.2) is 29.8 Å². The van der Waals surface area contributed by atoms with E-state index in [4.69, 9.17) is 15.2 Å². The van der Waals surface area contributed by atoms with Crippen molar-refractivity contribution in [3.63, 3.8) is 0 Å². The minimum absolute atomic E-state index is 0.0281. The molecule has 0 bridgehead atoms. The zero-order chi connectivity index (χ0) is 11.3. The summed E-state index contributed by atoms with van der Waals surface area (Å²) in [4.78, 5) is 8.28. The topological polar surface area (TPSA) is 70.3 Å². The quantitative estimate of drug-likeness (QED) is 0.784. The first-order valence-corrected chi connectivity index (χ1v) is 4.82. The van der Waals surface area contributed by atoms with Gasteiger partial charge in [0.05, 0.1) is 12.7 Å². The molecular weight excluding hydrogens is 194 g/mol. The smallest absolute Gasteiger partial charge is 0.156 e. The number of aryl methyl sites for hydroxylation is 1. The molecule has 1 heterocycles. The maximum atomic E-state index is 5.59. The van der Waals surface area contributed by atoms with Gasteiger partial charge in [-0.3, -0.25) is 0 Å². The maximum Gasteiger partial charge on any atom is 0.156 e. The summed E-state index contributed by atoms with van der Waals surface area (Å²) < 4.78 is 10.4. The van der Waals surface area contributed by atoms with Crippen molar-refractivity contribution in [2.24, 2.45) is 0 Å². The summed E-state index contributed by atoms with van der Waals surface area (Å²) in [6, 6.07) is 1.72. The first-order chi connectivity index (χ1) is 7.11. The van der Waals surface area contributed by atoms with E-state index in [1.807, 2.05) is 13.8 Å². The number of nitrogens with zero attached hydrogens (tertiary/aromatic N) is 2. The monoisotopic (exact) mass is 211 g/mol. The van der Waals surface area contributed by atoms with Crippen LogP contribution in [0.1, 0.15) is 18.4 Å². The fourth-order valence-electron chi connectivity index (χ4n) is 1.22. The minimum atomic E-state index is 0.0281. The Morgan fingerprint density at radius 2 is 2.20 bits per heavy atom. The summed E-state index contributed by atoms with van der Waals surface area (Å²) in [7, 11) is 1.64. The second-order valence-corrected chi connectivity index (χ2v) is 3.43. The predicted molar refractivity (Wildman–Crippen MR) is 57.3 cm³/mol. The van der Waals surface area contributed by atoms with E-state index in [1.165, 1.54) is 0 Å². The average Bonchev–Trinajstić information content (AvgIpc) is 2.14. The number of ether oxygens (including phenoxy) is 2. The molecule has 0 fully saturated rings. The number of hydrogen-bond donors (Lipinski definition) is 1. The molecule has 0 aliphatic heterocycles. The molecule has 0 saturated carbocycles. The number of anilines is 1. The lowest BCUT2D eigenvalue weighted by molar-refractivity contribution is -0.00272. The molecule has 0 spiro atoms. The van der Waals surface area contributed by atoms with E-state index in [0.29, 0.717) is 24.9 Å². The number of nitrogen functional groups attached to an aromatic ring is 1. The molecule has 0 aliphatic carbocycles. The van der Waals surface area contributed by atoms with E-state index >= 15 is 0 Å². The van der Waals surface area contributed by atoms with Gasteiger partial charge in [-0.05, 0) is 13.8 Å². The zero-order valence-corrected chi connectivity index (χ0v) is 9.36. The lowest BCUT2D eigenvalue weighted by atomic mass is 10.4. The fraction of sp³-hybridized carbons (Fsp3) is 0.600. The van der Waals surface area contributed by atoms with Crippen molar-refractivity contribution in [3.8, 4) is 0 Å². The third-order valence-corrected chi connectivity index (χ3v) is 1.82. The van der Waals surface area contributed by atoms with Crippen molar-refractivity contribution in [2.45, 2.75) is 26.6 Å². The van der Waals surface area contributed by atoms with Gasteiger partial charge in [-0.2, -0.15) is 0 Å². The number of rotatable bonds is 5. The van der Waals surface area contributed by atoms with Gasteiger partial charge in [0.25, 0.3) is 0 Å². The first kappa shape index (κ1) is 11.9. The normalized spacial score (nSPS) is 12.7. The third kappa shape index (κ3) is 4.22. The second-order valence-electron chi connectivity index (χ2n) is 3.43. The molecule has 5 nitrogen and oxygen atoms in total. The largest absolute Gasteiger partial charge is 0.384 e. The van der Waals surface area contributed by atoms with Crippen LogP contribution in [0.3, 0.4) is 0 Å². The van der Waals surface area contributed by atoms with Crippen LogP contribution >= 0.6 is 0 Å². The molecule has 84 valence electrons. The molecule has 0 saturated heterocycles. The van der Waals surface area contributed by atoms with Gasteiger partial charge in [0.2, 0.25) is 0 Å². The van der Waals surface area contributed by atoms with Crippen LogP contribution in [0.4, 0.5) is 5.82 Å². The van der Waals surface area contributed by atoms with Crippen molar-refractivity contribution in [3.05, 3.63) is 17.6 Å². The highest BCUT2D eigenvalue weighted by Crippen LogP contribution is 2.04. The Balaban J connectivity index is 2.50. The minimum Gasteiger partial charge on any atom is -0.384 e. The Hall–Kier alpha value is -1.20. The van der Waals surface area contributed by atoms with E-state index in [1.54, 1.807) is 13.2 Å². The second kappa shape index (κ2) is 5.63. The van der Waals surface area contributed by atoms with Crippen LogP contribution in [0, 0.1) is 6.92 Å². The molecule has 15 heavy (non-hydrogen) atoms. The van der Waals surface area contributed by atoms with E-state index in [-0.39, 0.29) is 6.10 Å². The summed E-state index contributed by atoms with van der Waals surface area (Å²) in [5, 5.41) is 0. The van der Waals surface area contributed by atoms with Gasteiger partial charge in [-0.15, -0.1) is 0 Å². The molecule has 1 atom stereocenters. The summed E-state index contributed by atoms with van der Waals surface area (Å²) in [6.07, 6.45) is 0.0281. The van der Waals surface area contributed by atoms with Gasteiger partial charge >= 0.3 is 0 Å². The number of methoxy groups -OCH3 is 1. The Bertz CT molecular complexity index is 297. The SMILES string of the molecule is COCC(C)OCc1nc(C)cc(N)n1. The standard InChI is InChI=1S/C10H17N3O2/c1-7-4-9(11)13-10(12-7)6-15-8(2)5-14-3/h4,8H,5-6H2,1-3H3,(H2,11,12,13). The molecule has 1 rings (SSSR count). The third-order valence-electron chi connectivity index (χ3n) is 1.82. The van der Waals surface area contributed by atoms with Crippen molar-refractivity contribution >= 4 is 5.82 Å². The molecule has 0 aromatic carbocycles. The van der Waals surface area contributed by atoms with Gasteiger partial charge in [-0.25, -0.2) is 9.97 Å². The van der Waals surface area contributed by atoms with Crippen molar-refractivity contribution < 1.29 is 9.47 Å². The first-order valence-electron chi connectivity index (χ1n) is 4.82. The van der Waals surface area contributed by atoms with Gasteiger partial charge in [0.15, 0.2) is 5.82 Å². The predicted octanol–water partition coefficient (Wildman–Crippen LogP) is 0.919. The molecular formula is C10H17N3O2. The zero-order valence-electron chi connectivity index (χ0n) is 9.36. The highest BCUT2D eigenvalue weighted by Gasteiger charge is 2.04. The van der Waals surface area contributed by atoms with Gasteiger partial charge < -0.3 is 15.2 Å². The van der Waals surface area contributed by atoms with Crippen molar-refractivity contribution in [1.29, 1.82) is 0 Å². The lowest BCUT2D eigenvalue weighted by Crippen LogP contribution is -2.15. The summed E-state index contributed by atoms with van der Waals surface area (Å²) in [6.45, 7) is 4.72. The maximum absolute atomic E-state index is 5.59. The van der Waals surface area contributed by atoms with Crippen LogP contribution < -0.4 is 5.73 Å². The summed E-state index contributed by atoms with van der Waals surface area (Å²) in [5.74, 6) is 1.08. The van der Waals surface area contributed by atoms with E-state index in [2.05, 4.69) is 9.97 Å². The van der Waals surface area contributed by atoms with Crippen LogP contribution in [-0.2, 0) is 16.1 Å². The van der Waals surface area contributed by atoms with Crippen molar-refractivity contribution in [2.75, 3.05) is 19.5 Å². The van der Waals surface area contributed by atoms with E-state index in [9.17, 15) is 0 Å². The molecule has 1 aromatic heterocycles. The van der Waals surface area contributed by atoms with E-state index in [0.717, 1.165) is 5.69 Å². The van der Waals surface area contributed by atoms with Crippen molar-refractivity contribution in [1.82, 2.24) is 9.97 Å². The highest BCUT2D eigenvalue weighted by molar-refractivity contribution is 5.28. The average molecular weight is 211 g/mol. The molecule has 2 N–H and O–H groups in total. The van der Waals surface area contributed by atoms with E-state index < -0.39 is 0 Å². The van der Waals surface area contributed by atoms with Crippen LogP contribution in [0.5, 0.6) is 0 Å². The van der Waals surface area contributed by atoms with Crippen LogP contribution in [0.25, 0.3) is 0 Å². The summed E-state index contributed by atoms with van der Waals surface area (Å²) in [5.41, 5.74) is 6.44. The Morgan fingerprint density at radius 1 is 1.47 bits per heavy atom. The van der Waals surface area contributed by atoms with Crippen LogP contribution in [0.15, 0.2) is 6.07 Å². The van der Waals surface area contributed by atoms with Gasteiger partial charge in [0.1, 0.15) is 12.4 Å². The molecule has 0 radical (unpaired) electrons. The van der Waals surface area contributed by atoms with Gasteiger partial charge in [-0.1, -0.05) is 0 Å². The Kier molecular flexibility index (Phi) is 4.45. The molecule has 1 aromatic rings. The molecule has 5 heteroatoms. The number of aromatic nitrogens is 2. The highest BCUT2D eigenvalue weighted by atomic mass is 16.5. The lowest BCUT2D eigenvalue weighted by Gasteiger charge is -2.11. The van der Waals surface area contributed by atoms with Gasteiger partial charge in [0, 0.05) is 18.9 Å². The Morgan fingerprint density at radius 3 is 2.80 bits per heavy atom. The number of nitrogens with two attached hydrogens (primary N) is 1. The fourth-order valence-corrected chi connectivity index (χ4v) is 1.22.